The number of piperidine rings is 1. The van der Waals surface area contributed by atoms with Crippen LogP contribution in [0.2, 0.25) is 0 Å². The zero-order valence-electron chi connectivity index (χ0n) is 22.5. The summed E-state index contributed by atoms with van der Waals surface area (Å²) in [6.45, 7) is 2.65. The molecule has 2 heterocycles. The second-order valence-electron chi connectivity index (χ2n) is 10.4. The number of pyridine rings is 1. The molecule has 0 bridgehead atoms. The molecule has 0 spiro atoms. The molecule has 7 nitrogen and oxygen atoms in total. The topological polar surface area (TPSA) is 90.5 Å². The smallest absolute Gasteiger partial charge is 0.248 e. The summed E-state index contributed by atoms with van der Waals surface area (Å²) in [5.74, 6) is -0.153. The molecule has 1 fully saturated rings. The number of anilines is 1. The summed E-state index contributed by atoms with van der Waals surface area (Å²) in [5, 5.41) is 0.879. The highest BCUT2D eigenvalue weighted by Gasteiger charge is 2.29. The lowest BCUT2D eigenvalue weighted by molar-refractivity contribution is 0.0993. The maximum Gasteiger partial charge on any atom is 0.248 e. The maximum atomic E-state index is 14.0. The highest BCUT2D eigenvalue weighted by Crippen LogP contribution is 2.38. The molecule has 1 N–H and O–H groups in total. The Bertz CT molecular complexity index is 1690. The second-order valence-corrected chi connectivity index (χ2v) is 12.5. The standard InChI is InChI=1S/C31H33N3O4S/c1-21-17-31(36)32-27-14-12-22(18-25(21)27)19-30(35)26-20-24(39(37,38)33(2)3)13-15-29(26)34-16-8-7-11-28(34)23-9-5-4-6-10-23/h4-6,9-10,12-15,17-18,20,28H,7-8,11,16,19H2,1-3H3,(H,32,36). The van der Waals surface area contributed by atoms with Gasteiger partial charge in [0.2, 0.25) is 15.6 Å². The van der Waals surface area contributed by atoms with Gasteiger partial charge in [0, 0.05) is 55.3 Å². The third-order valence-corrected chi connectivity index (χ3v) is 9.33. The first-order valence-electron chi connectivity index (χ1n) is 13.2. The van der Waals surface area contributed by atoms with Crippen molar-refractivity contribution < 1.29 is 13.2 Å². The van der Waals surface area contributed by atoms with Crippen molar-refractivity contribution in [2.45, 2.75) is 43.5 Å². The monoisotopic (exact) mass is 543 g/mol. The van der Waals surface area contributed by atoms with Gasteiger partial charge in [-0.1, -0.05) is 36.4 Å². The highest BCUT2D eigenvalue weighted by atomic mass is 32.2. The number of ketones is 1. The summed E-state index contributed by atoms with van der Waals surface area (Å²) in [6, 6.07) is 22.4. The molecule has 4 aromatic rings. The Morgan fingerprint density at radius 1 is 1.00 bits per heavy atom. The molecule has 0 saturated carbocycles. The summed E-state index contributed by atoms with van der Waals surface area (Å²) in [4.78, 5) is 31.0. The number of carbonyl (C=O) groups is 1. The first kappa shape index (κ1) is 26.8. The molecule has 1 aliphatic rings. The van der Waals surface area contributed by atoms with Crippen LogP contribution in [0.4, 0.5) is 5.69 Å². The van der Waals surface area contributed by atoms with Crippen molar-refractivity contribution in [1.29, 1.82) is 0 Å². The summed E-state index contributed by atoms with van der Waals surface area (Å²) in [6.07, 6.45) is 3.15. The van der Waals surface area contributed by atoms with E-state index in [1.807, 2.05) is 43.3 Å². The summed E-state index contributed by atoms with van der Waals surface area (Å²) < 4.78 is 27.2. The van der Waals surface area contributed by atoms with Gasteiger partial charge in [-0.05, 0) is 73.2 Å². The van der Waals surface area contributed by atoms with E-state index in [2.05, 4.69) is 22.0 Å². The van der Waals surface area contributed by atoms with Gasteiger partial charge >= 0.3 is 0 Å². The number of nitrogens with one attached hydrogen (secondary N) is 1. The molecule has 0 aliphatic carbocycles. The van der Waals surface area contributed by atoms with Crippen molar-refractivity contribution in [3.63, 3.8) is 0 Å². The second kappa shape index (κ2) is 10.8. The van der Waals surface area contributed by atoms with Crippen LogP contribution in [0, 0.1) is 6.92 Å². The molecule has 5 rings (SSSR count). The van der Waals surface area contributed by atoms with E-state index in [4.69, 9.17) is 0 Å². The van der Waals surface area contributed by atoms with Crippen molar-refractivity contribution in [3.05, 3.63) is 105 Å². The third kappa shape index (κ3) is 5.40. The number of carbonyl (C=O) groups excluding carboxylic acids is 1. The van der Waals surface area contributed by atoms with E-state index in [1.165, 1.54) is 25.7 Å². The van der Waals surface area contributed by atoms with Crippen LogP contribution in [0.1, 0.15) is 52.4 Å². The van der Waals surface area contributed by atoms with E-state index in [9.17, 15) is 18.0 Å². The lowest BCUT2D eigenvalue weighted by Crippen LogP contribution is -2.34. The number of aromatic nitrogens is 1. The molecule has 8 heteroatoms. The molecule has 3 aromatic carbocycles. The minimum atomic E-state index is -3.73. The quantitative estimate of drug-likeness (QED) is 0.322. The number of hydrogen-bond acceptors (Lipinski definition) is 5. The van der Waals surface area contributed by atoms with Crippen molar-refractivity contribution in [3.8, 4) is 0 Å². The van der Waals surface area contributed by atoms with Crippen LogP contribution in [-0.2, 0) is 16.4 Å². The average molecular weight is 544 g/mol. The largest absolute Gasteiger partial charge is 0.364 e. The average Bonchev–Trinajstić information content (AvgIpc) is 2.93. The Labute approximate surface area is 229 Å². The Kier molecular flexibility index (Phi) is 7.42. The van der Waals surface area contributed by atoms with E-state index >= 15 is 0 Å². The lowest BCUT2D eigenvalue weighted by atomic mass is 9.92. The van der Waals surface area contributed by atoms with E-state index < -0.39 is 10.0 Å². The van der Waals surface area contributed by atoms with Gasteiger partial charge in [0.05, 0.1) is 10.9 Å². The molecule has 0 radical (unpaired) electrons. The summed E-state index contributed by atoms with van der Waals surface area (Å²) in [7, 11) is -0.751. The normalized spacial score (nSPS) is 16.1. The fourth-order valence-electron chi connectivity index (χ4n) is 5.46. The zero-order chi connectivity index (χ0) is 27.7. The Morgan fingerprint density at radius 3 is 2.51 bits per heavy atom. The van der Waals surface area contributed by atoms with Gasteiger partial charge in [-0.3, -0.25) is 9.59 Å². The number of aryl methyl sites for hydroxylation is 1. The Morgan fingerprint density at radius 2 is 1.77 bits per heavy atom. The lowest BCUT2D eigenvalue weighted by Gasteiger charge is -2.39. The fraction of sp³-hybridized carbons (Fsp3) is 0.290. The minimum Gasteiger partial charge on any atom is -0.364 e. The van der Waals surface area contributed by atoms with Crippen LogP contribution in [0.3, 0.4) is 0 Å². The molecule has 1 saturated heterocycles. The maximum absolute atomic E-state index is 14.0. The molecule has 0 amide bonds. The van der Waals surface area contributed by atoms with Crippen LogP contribution in [-0.4, -0.2) is 44.1 Å². The van der Waals surface area contributed by atoms with Crippen LogP contribution >= 0.6 is 0 Å². The predicted molar refractivity (Wildman–Crippen MR) is 155 cm³/mol. The number of nitrogens with zero attached hydrogens (tertiary/aromatic N) is 2. The number of rotatable bonds is 7. The van der Waals surface area contributed by atoms with Gasteiger partial charge in [-0.2, -0.15) is 0 Å². The van der Waals surface area contributed by atoms with Crippen LogP contribution in [0.25, 0.3) is 10.9 Å². The molecular formula is C31H33N3O4S. The minimum absolute atomic E-state index is 0.0970. The summed E-state index contributed by atoms with van der Waals surface area (Å²) in [5.41, 5.74) is 4.53. The van der Waals surface area contributed by atoms with Crippen molar-refractivity contribution in [2.24, 2.45) is 0 Å². The van der Waals surface area contributed by atoms with E-state index in [-0.39, 0.29) is 28.7 Å². The van der Waals surface area contributed by atoms with Gasteiger partial charge in [0.1, 0.15) is 0 Å². The van der Waals surface area contributed by atoms with Gasteiger partial charge in [-0.25, -0.2) is 12.7 Å². The van der Waals surface area contributed by atoms with Crippen molar-refractivity contribution in [2.75, 3.05) is 25.5 Å². The van der Waals surface area contributed by atoms with Gasteiger partial charge < -0.3 is 9.88 Å². The molecule has 1 unspecified atom stereocenters. The van der Waals surface area contributed by atoms with E-state index in [1.54, 1.807) is 18.2 Å². The Hall–Kier alpha value is -3.75. The van der Waals surface area contributed by atoms with Crippen LogP contribution < -0.4 is 10.5 Å². The van der Waals surface area contributed by atoms with E-state index in [0.717, 1.165) is 57.8 Å². The van der Waals surface area contributed by atoms with Crippen molar-refractivity contribution in [1.82, 2.24) is 9.29 Å². The Balaban J connectivity index is 1.59. The molecule has 202 valence electrons. The predicted octanol–water partition coefficient (Wildman–Crippen LogP) is 5.24. The summed E-state index contributed by atoms with van der Waals surface area (Å²) >= 11 is 0. The number of benzene rings is 3. The van der Waals surface area contributed by atoms with Gasteiger partial charge in [0.25, 0.3) is 0 Å². The number of aromatic amines is 1. The van der Waals surface area contributed by atoms with Gasteiger partial charge in [-0.15, -0.1) is 0 Å². The van der Waals surface area contributed by atoms with Crippen LogP contribution in [0.15, 0.2) is 82.5 Å². The molecule has 1 aliphatic heterocycles. The number of hydrogen-bond donors (Lipinski definition) is 1. The first-order valence-corrected chi connectivity index (χ1v) is 14.6. The van der Waals surface area contributed by atoms with E-state index in [0.29, 0.717) is 5.56 Å². The number of sulfonamides is 1. The number of H-pyrrole nitrogens is 1. The molecular weight excluding hydrogens is 510 g/mol. The first-order chi connectivity index (χ1) is 18.6. The van der Waals surface area contributed by atoms with Gasteiger partial charge in [0.15, 0.2) is 5.78 Å². The highest BCUT2D eigenvalue weighted by molar-refractivity contribution is 7.89. The molecule has 39 heavy (non-hydrogen) atoms. The van der Waals surface area contributed by atoms with Crippen LogP contribution in [0.5, 0.6) is 0 Å². The number of Topliss-reactive ketones (excluding diaryl/α,β-unsaturated/α-hetero) is 1. The number of fused-ring (bicyclic) bond motifs is 1. The zero-order valence-corrected chi connectivity index (χ0v) is 23.3. The fourth-order valence-corrected chi connectivity index (χ4v) is 6.39. The van der Waals surface area contributed by atoms with Crippen molar-refractivity contribution >= 4 is 32.4 Å². The molecule has 1 aromatic heterocycles. The molecule has 1 atom stereocenters. The third-order valence-electron chi connectivity index (χ3n) is 7.52. The SMILES string of the molecule is Cc1cc(=O)[nH]c2ccc(CC(=O)c3cc(S(=O)(=O)N(C)C)ccc3N3CCCCC3c3ccccc3)cc12.